The zero-order valence-electron chi connectivity index (χ0n) is 8.61. The highest BCUT2D eigenvalue weighted by Crippen LogP contribution is 2.35. The van der Waals surface area contributed by atoms with Gasteiger partial charge in [-0.25, -0.2) is 0 Å². The molecule has 0 amide bonds. The SMILES string of the molecule is CCCP(CCC#N)c1ccccc1. The van der Waals surface area contributed by atoms with Crippen molar-refractivity contribution in [2.24, 2.45) is 0 Å². The summed E-state index contributed by atoms with van der Waals surface area (Å²) >= 11 is 0. The third kappa shape index (κ3) is 3.48. The van der Waals surface area contributed by atoms with Gasteiger partial charge in [-0.3, -0.25) is 0 Å². The van der Waals surface area contributed by atoms with Crippen LogP contribution in [0, 0.1) is 11.3 Å². The van der Waals surface area contributed by atoms with Crippen molar-refractivity contribution in [1.29, 1.82) is 5.26 Å². The maximum atomic E-state index is 8.59. The molecule has 0 aliphatic rings. The molecule has 1 nitrogen and oxygen atoms in total. The Balaban J connectivity index is 2.63. The van der Waals surface area contributed by atoms with E-state index in [4.69, 9.17) is 5.26 Å². The molecular weight excluding hydrogens is 189 g/mol. The molecule has 1 atom stereocenters. The van der Waals surface area contributed by atoms with Crippen molar-refractivity contribution in [1.82, 2.24) is 0 Å². The summed E-state index contributed by atoms with van der Waals surface area (Å²) in [5.74, 6) is 0. The Morgan fingerprint density at radius 1 is 1.21 bits per heavy atom. The van der Waals surface area contributed by atoms with Gasteiger partial charge in [0, 0.05) is 6.42 Å². The molecule has 0 saturated heterocycles. The van der Waals surface area contributed by atoms with Crippen LogP contribution in [0.4, 0.5) is 0 Å². The highest BCUT2D eigenvalue weighted by atomic mass is 31.1. The summed E-state index contributed by atoms with van der Waals surface area (Å²) in [6.07, 6.45) is 4.22. The van der Waals surface area contributed by atoms with Gasteiger partial charge in [0.1, 0.15) is 0 Å². The van der Waals surface area contributed by atoms with Crippen molar-refractivity contribution in [3.63, 3.8) is 0 Å². The number of hydrogen-bond acceptors (Lipinski definition) is 1. The Morgan fingerprint density at radius 2 is 1.93 bits per heavy atom. The van der Waals surface area contributed by atoms with Gasteiger partial charge in [0.15, 0.2) is 0 Å². The minimum Gasteiger partial charge on any atom is -0.198 e. The van der Waals surface area contributed by atoms with Crippen molar-refractivity contribution >= 4 is 13.2 Å². The first-order chi connectivity index (χ1) is 6.88. The van der Waals surface area contributed by atoms with Crippen molar-refractivity contribution in [2.75, 3.05) is 12.3 Å². The van der Waals surface area contributed by atoms with Crippen LogP contribution >= 0.6 is 7.92 Å². The van der Waals surface area contributed by atoms with Crippen LogP contribution in [0.25, 0.3) is 0 Å². The van der Waals surface area contributed by atoms with Crippen LogP contribution in [0.5, 0.6) is 0 Å². The van der Waals surface area contributed by atoms with Crippen molar-refractivity contribution in [2.45, 2.75) is 19.8 Å². The number of rotatable bonds is 5. The van der Waals surface area contributed by atoms with Gasteiger partial charge < -0.3 is 0 Å². The van der Waals surface area contributed by atoms with E-state index in [0.717, 1.165) is 6.16 Å². The van der Waals surface area contributed by atoms with E-state index in [1.807, 2.05) is 6.07 Å². The van der Waals surface area contributed by atoms with E-state index < -0.39 is 0 Å². The van der Waals surface area contributed by atoms with E-state index >= 15 is 0 Å². The maximum Gasteiger partial charge on any atom is 0.0625 e. The summed E-state index contributed by atoms with van der Waals surface area (Å²) in [7, 11) is -0.0843. The zero-order chi connectivity index (χ0) is 10.2. The predicted molar refractivity (Wildman–Crippen MR) is 63.3 cm³/mol. The fourth-order valence-corrected chi connectivity index (χ4v) is 3.71. The van der Waals surface area contributed by atoms with E-state index in [9.17, 15) is 0 Å². The maximum absolute atomic E-state index is 8.59. The van der Waals surface area contributed by atoms with Gasteiger partial charge >= 0.3 is 0 Å². The minimum atomic E-state index is -0.0843. The van der Waals surface area contributed by atoms with Gasteiger partial charge in [-0.2, -0.15) is 5.26 Å². The Bertz CT molecular complexity index is 289. The van der Waals surface area contributed by atoms with Crippen LogP contribution in [-0.2, 0) is 0 Å². The van der Waals surface area contributed by atoms with Gasteiger partial charge in [-0.1, -0.05) is 51.6 Å². The van der Waals surface area contributed by atoms with Crippen LogP contribution in [0.15, 0.2) is 30.3 Å². The molecular formula is C12H16NP. The molecule has 14 heavy (non-hydrogen) atoms. The van der Waals surface area contributed by atoms with Crippen molar-refractivity contribution in [3.8, 4) is 6.07 Å². The third-order valence-electron chi connectivity index (χ3n) is 2.11. The Morgan fingerprint density at radius 3 is 2.50 bits per heavy atom. The van der Waals surface area contributed by atoms with E-state index in [1.54, 1.807) is 0 Å². The van der Waals surface area contributed by atoms with Crippen molar-refractivity contribution < 1.29 is 0 Å². The largest absolute Gasteiger partial charge is 0.198 e. The van der Waals surface area contributed by atoms with E-state index in [-0.39, 0.29) is 7.92 Å². The van der Waals surface area contributed by atoms with Crippen molar-refractivity contribution in [3.05, 3.63) is 30.3 Å². The first kappa shape index (κ1) is 11.2. The standard InChI is InChI=1S/C12H16NP/c1-2-10-14(11-6-9-13)12-7-4-3-5-8-12/h3-5,7-8H,2,6,10-11H2,1H3. The lowest BCUT2D eigenvalue weighted by molar-refractivity contribution is 1.09. The molecule has 0 heterocycles. The van der Waals surface area contributed by atoms with E-state index in [0.29, 0.717) is 6.42 Å². The van der Waals surface area contributed by atoms with Crippen LogP contribution in [0.2, 0.25) is 0 Å². The molecule has 1 rings (SSSR count). The lowest BCUT2D eigenvalue weighted by Crippen LogP contribution is -2.05. The molecule has 0 aliphatic heterocycles. The second-order valence-electron chi connectivity index (χ2n) is 3.23. The molecule has 0 N–H and O–H groups in total. The quantitative estimate of drug-likeness (QED) is 0.677. The van der Waals surface area contributed by atoms with Gasteiger partial charge in [0.05, 0.1) is 6.07 Å². The van der Waals surface area contributed by atoms with Gasteiger partial charge in [0.2, 0.25) is 0 Å². The summed E-state index contributed by atoms with van der Waals surface area (Å²) in [4.78, 5) is 0. The van der Waals surface area contributed by atoms with Crippen LogP contribution in [0.3, 0.4) is 0 Å². The topological polar surface area (TPSA) is 23.8 Å². The highest BCUT2D eigenvalue weighted by Gasteiger charge is 2.08. The normalized spacial score (nSPS) is 12.0. The summed E-state index contributed by atoms with van der Waals surface area (Å²) in [5.41, 5.74) is 0. The summed E-state index contributed by atoms with van der Waals surface area (Å²) in [6.45, 7) is 2.21. The molecule has 74 valence electrons. The molecule has 0 radical (unpaired) electrons. The third-order valence-corrected chi connectivity index (χ3v) is 4.89. The molecule has 0 fully saturated rings. The molecule has 0 bridgehead atoms. The van der Waals surface area contributed by atoms with Gasteiger partial charge in [-0.15, -0.1) is 0 Å². The predicted octanol–water partition coefficient (Wildman–Crippen LogP) is 3.12. The molecule has 1 unspecified atom stereocenters. The molecule has 0 saturated carbocycles. The summed E-state index contributed by atoms with van der Waals surface area (Å²) in [6, 6.07) is 12.9. The molecule has 0 spiro atoms. The molecule has 1 aromatic rings. The Labute approximate surface area is 87.5 Å². The second-order valence-corrected chi connectivity index (χ2v) is 5.72. The fraction of sp³-hybridized carbons (Fsp3) is 0.417. The molecule has 1 aromatic carbocycles. The number of nitriles is 1. The summed E-state index contributed by atoms with van der Waals surface area (Å²) in [5, 5.41) is 10.0. The van der Waals surface area contributed by atoms with Crippen LogP contribution in [-0.4, -0.2) is 12.3 Å². The lowest BCUT2D eigenvalue weighted by atomic mass is 10.4. The lowest BCUT2D eigenvalue weighted by Gasteiger charge is -2.15. The second kappa shape index (κ2) is 6.57. The average Bonchev–Trinajstić information content (AvgIpc) is 2.25. The van der Waals surface area contributed by atoms with Gasteiger partial charge in [-0.05, 0) is 17.6 Å². The van der Waals surface area contributed by atoms with E-state index in [2.05, 4.69) is 37.3 Å². The first-order valence-corrected chi connectivity index (χ1v) is 6.76. The Hall–Kier alpha value is -0.860. The number of hydrogen-bond donors (Lipinski definition) is 0. The average molecular weight is 205 g/mol. The smallest absolute Gasteiger partial charge is 0.0625 e. The molecule has 0 aromatic heterocycles. The summed E-state index contributed by atoms with van der Waals surface area (Å²) < 4.78 is 0. The van der Waals surface area contributed by atoms with Crippen LogP contribution < -0.4 is 5.30 Å². The number of benzene rings is 1. The number of nitrogens with zero attached hydrogens (tertiary/aromatic N) is 1. The zero-order valence-corrected chi connectivity index (χ0v) is 9.50. The minimum absolute atomic E-state index is 0.0843. The molecule has 0 aliphatic carbocycles. The monoisotopic (exact) mass is 205 g/mol. The van der Waals surface area contributed by atoms with Crippen LogP contribution in [0.1, 0.15) is 19.8 Å². The van der Waals surface area contributed by atoms with Gasteiger partial charge in [0.25, 0.3) is 0 Å². The van der Waals surface area contributed by atoms with E-state index in [1.165, 1.54) is 17.9 Å². The highest BCUT2D eigenvalue weighted by molar-refractivity contribution is 7.65. The Kier molecular flexibility index (Phi) is 5.27. The fourth-order valence-electron chi connectivity index (χ4n) is 1.46. The first-order valence-electron chi connectivity index (χ1n) is 5.05. The molecule has 2 heteroatoms.